The van der Waals surface area contributed by atoms with Crippen molar-refractivity contribution in [2.45, 2.75) is 38.8 Å². The van der Waals surface area contributed by atoms with Gasteiger partial charge in [-0.05, 0) is 50.9 Å². The third kappa shape index (κ3) is 4.62. The zero-order valence-corrected chi connectivity index (χ0v) is 15.3. The van der Waals surface area contributed by atoms with E-state index in [1.165, 1.54) is 0 Å². The van der Waals surface area contributed by atoms with Gasteiger partial charge in [0, 0.05) is 16.6 Å². The number of likely N-dealkylation sites (tertiary alicyclic amines) is 1. The van der Waals surface area contributed by atoms with E-state index in [1.807, 2.05) is 11.8 Å². The van der Waals surface area contributed by atoms with Gasteiger partial charge in [-0.15, -0.1) is 0 Å². The SMILES string of the molecule is CC(NC(=O)C(C)N1CCCC(C(=O)O)C1)c1ccc(Cl)cc1Cl. The quantitative estimate of drug-likeness (QED) is 0.831. The van der Waals surface area contributed by atoms with Crippen LogP contribution in [0.3, 0.4) is 0 Å². The van der Waals surface area contributed by atoms with Crippen molar-refractivity contribution < 1.29 is 14.7 Å². The average Bonchev–Trinajstić information content (AvgIpc) is 2.53. The fourth-order valence-electron chi connectivity index (χ4n) is 2.99. The van der Waals surface area contributed by atoms with Crippen molar-refractivity contribution in [2.24, 2.45) is 5.92 Å². The molecule has 1 saturated heterocycles. The molecule has 7 heteroatoms. The van der Waals surface area contributed by atoms with Crippen molar-refractivity contribution in [1.82, 2.24) is 10.2 Å². The molecule has 0 aliphatic carbocycles. The van der Waals surface area contributed by atoms with Crippen LogP contribution in [0.4, 0.5) is 0 Å². The Morgan fingerprint density at radius 3 is 2.67 bits per heavy atom. The maximum atomic E-state index is 12.5. The second kappa shape index (κ2) is 8.19. The van der Waals surface area contributed by atoms with Crippen LogP contribution in [0.15, 0.2) is 18.2 Å². The van der Waals surface area contributed by atoms with E-state index in [9.17, 15) is 14.7 Å². The minimum atomic E-state index is -0.798. The van der Waals surface area contributed by atoms with Gasteiger partial charge in [-0.25, -0.2) is 0 Å². The molecule has 132 valence electrons. The van der Waals surface area contributed by atoms with Gasteiger partial charge >= 0.3 is 5.97 Å². The number of carbonyl (C=O) groups excluding carboxylic acids is 1. The highest BCUT2D eigenvalue weighted by atomic mass is 35.5. The van der Waals surface area contributed by atoms with Crippen LogP contribution in [0.2, 0.25) is 10.0 Å². The number of piperidine rings is 1. The molecule has 1 amide bonds. The summed E-state index contributed by atoms with van der Waals surface area (Å²) in [5.74, 6) is -1.34. The Kier molecular flexibility index (Phi) is 6.49. The van der Waals surface area contributed by atoms with Crippen molar-refractivity contribution in [3.8, 4) is 0 Å². The smallest absolute Gasteiger partial charge is 0.307 e. The minimum absolute atomic E-state index is 0.139. The van der Waals surface area contributed by atoms with E-state index in [2.05, 4.69) is 5.32 Å². The summed E-state index contributed by atoms with van der Waals surface area (Å²) >= 11 is 12.1. The molecule has 1 aliphatic heterocycles. The van der Waals surface area contributed by atoms with E-state index in [-0.39, 0.29) is 18.0 Å². The maximum Gasteiger partial charge on any atom is 0.307 e. The Labute approximate surface area is 151 Å². The van der Waals surface area contributed by atoms with Crippen LogP contribution >= 0.6 is 23.2 Å². The summed E-state index contributed by atoms with van der Waals surface area (Å²) in [6.07, 6.45) is 1.45. The van der Waals surface area contributed by atoms with Gasteiger partial charge < -0.3 is 10.4 Å². The molecule has 1 aliphatic rings. The molecular weight excluding hydrogens is 351 g/mol. The van der Waals surface area contributed by atoms with Crippen LogP contribution in [0, 0.1) is 5.92 Å². The monoisotopic (exact) mass is 372 g/mol. The van der Waals surface area contributed by atoms with Crippen LogP contribution in [0.5, 0.6) is 0 Å². The van der Waals surface area contributed by atoms with Crippen LogP contribution in [-0.2, 0) is 9.59 Å². The van der Waals surface area contributed by atoms with Crippen molar-refractivity contribution in [2.75, 3.05) is 13.1 Å². The average molecular weight is 373 g/mol. The third-order valence-corrected chi connectivity index (χ3v) is 5.08. The number of hydrogen-bond donors (Lipinski definition) is 2. The zero-order valence-electron chi connectivity index (χ0n) is 13.8. The highest BCUT2D eigenvalue weighted by molar-refractivity contribution is 6.35. The van der Waals surface area contributed by atoms with E-state index in [4.69, 9.17) is 23.2 Å². The minimum Gasteiger partial charge on any atom is -0.481 e. The fourth-order valence-corrected chi connectivity index (χ4v) is 3.56. The number of nitrogens with zero attached hydrogens (tertiary/aromatic N) is 1. The van der Waals surface area contributed by atoms with Gasteiger partial charge in [0.05, 0.1) is 18.0 Å². The molecule has 5 nitrogen and oxygen atoms in total. The van der Waals surface area contributed by atoms with Crippen molar-refractivity contribution in [3.05, 3.63) is 33.8 Å². The molecule has 3 atom stereocenters. The standard InChI is InChI=1S/C17H22Cl2N2O3/c1-10(14-6-5-13(18)8-15(14)19)20-16(22)11(2)21-7-3-4-12(9-21)17(23)24/h5-6,8,10-12H,3-4,7,9H2,1-2H3,(H,20,22)(H,23,24). The van der Waals surface area contributed by atoms with Crippen LogP contribution in [-0.4, -0.2) is 41.0 Å². The molecule has 1 heterocycles. The molecule has 0 saturated carbocycles. The Morgan fingerprint density at radius 1 is 1.33 bits per heavy atom. The number of carboxylic acid groups (broad SMARTS) is 1. The van der Waals surface area contributed by atoms with Crippen LogP contribution < -0.4 is 5.32 Å². The normalized spacial score (nSPS) is 21.1. The number of rotatable bonds is 5. The molecule has 0 radical (unpaired) electrons. The van der Waals surface area contributed by atoms with E-state index < -0.39 is 11.9 Å². The van der Waals surface area contributed by atoms with Crippen molar-refractivity contribution in [1.29, 1.82) is 0 Å². The van der Waals surface area contributed by atoms with Gasteiger partial charge in [-0.2, -0.15) is 0 Å². The number of carbonyl (C=O) groups is 2. The lowest BCUT2D eigenvalue weighted by Crippen LogP contribution is -2.50. The molecule has 1 fully saturated rings. The summed E-state index contributed by atoms with van der Waals surface area (Å²) in [7, 11) is 0. The Balaban J connectivity index is 1.99. The lowest BCUT2D eigenvalue weighted by Gasteiger charge is -2.35. The van der Waals surface area contributed by atoms with Gasteiger partial charge in [0.25, 0.3) is 0 Å². The Bertz CT molecular complexity index is 624. The molecule has 3 unspecified atom stereocenters. The number of nitrogens with one attached hydrogen (secondary N) is 1. The van der Waals surface area contributed by atoms with Gasteiger partial charge in [0.1, 0.15) is 0 Å². The summed E-state index contributed by atoms with van der Waals surface area (Å²) in [5.41, 5.74) is 0.795. The number of amides is 1. The molecule has 1 aromatic rings. The van der Waals surface area contributed by atoms with Crippen LogP contribution in [0.25, 0.3) is 0 Å². The van der Waals surface area contributed by atoms with Crippen molar-refractivity contribution in [3.63, 3.8) is 0 Å². The Hall–Kier alpha value is -1.30. The summed E-state index contributed by atoms with van der Waals surface area (Å²) in [6, 6.07) is 4.52. The molecule has 2 rings (SSSR count). The number of aliphatic carboxylic acids is 1. The number of benzene rings is 1. The summed E-state index contributed by atoms with van der Waals surface area (Å²) in [6.45, 7) is 4.79. The second-order valence-corrected chi connectivity index (χ2v) is 7.09. The summed E-state index contributed by atoms with van der Waals surface area (Å²) in [5, 5.41) is 13.2. The highest BCUT2D eigenvalue weighted by Gasteiger charge is 2.31. The molecule has 0 spiro atoms. The van der Waals surface area contributed by atoms with E-state index in [0.29, 0.717) is 23.0 Å². The van der Waals surface area contributed by atoms with E-state index in [1.54, 1.807) is 25.1 Å². The van der Waals surface area contributed by atoms with Gasteiger partial charge in [-0.1, -0.05) is 29.3 Å². The molecule has 24 heavy (non-hydrogen) atoms. The predicted molar refractivity (Wildman–Crippen MR) is 94.4 cm³/mol. The second-order valence-electron chi connectivity index (χ2n) is 6.24. The first-order valence-corrected chi connectivity index (χ1v) is 8.77. The molecule has 2 N–H and O–H groups in total. The third-order valence-electron chi connectivity index (χ3n) is 4.52. The first-order chi connectivity index (χ1) is 11.3. The lowest BCUT2D eigenvalue weighted by molar-refractivity contribution is -0.145. The van der Waals surface area contributed by atoms with Crippen LogP contribution in [0.1, 0.15) is 38.3 Å². The van der Waals surface area contributed by atoms with E-state index >= 15 is 0 Å². The van der Waals surface area contributed by atoms with Crippen molar-refractivity contribution >= 4 is 35.1 Å². The summed E-state index contributed by atoms with van der Waals surface area (Å²) in [4.78, 5) is 25.6. The molecule has 0 aromatic heterocycles. The summed E-state index contributed by atoms with van der Waals surface area (Å²) < 4.78 is 0. The van der Waals surface area contributed by atoms with Gasteiger partial charge in [0.2, 0.25) is 5.91 Å². The lowest BCUT2D eigenvalue weighted by atomic mass is 9.97. The first kappa shape index (κ1) is 19.0. The number of halogens is 2. The fraction of sp³-hybridized carbons (Fsp3) is 0.529. The van der Waals surface area contributed by atoms with Gasteiger partial charge in [0.15, 0.2) is 0 Å². The molecule has 1 aromatic carbocycles. The maximum absolute atomic E-state index is 12.5. The molecular formula is C17H22Cl2N2O3. The largest absolute Gasteiger partial charge is 0.481 e. The Morgan fingerprint density at radius 2 is 2.04 bits per heavy atom. The first-order valence-electron chi connectivity index (χ1n) is 8.01. The zero-order chi connectivity index (χ0) is 17.9. The van der Waals surface area contributed by atoms with Gasteiger partial charge in [-0.3, -0.25) is 14.5 Å². The number of hydrogen-bond acceptors (Lipinski definition) is 3. The topological polar surface area (TPSA) is 69.6 Å². The number of carboxylic acids is 1. The molecule has 0 bridgehead atoms. The predicted octanol–water partition coefficient (Wildman–Crippen LogP) is 3.36. The highest BCUT2D eigenvalue weighted by Crippen LogP contribution is 2.26. The van der Waals surface area contributed by atoms with E-state index in [0.717, 1.165) is 18.5 Å².